The summed E-state index contributed by atoms with van der Waals surface area (Å²) in [5.41, 5.74) is 4.72. The molecule has 0 aliphatic carbocycles. The van der Waals surface area contributed by atoms with Crippen molar-refractivity contribution in [2.45, 2.75) is 52.2 Å². The van der Waals surface area contributed by atoms with E-state index in [4.69, 9.17) is 9.26 Å². The summed E-state index contributed by atoms with van der Waals surface area (Å²) in [5, 5.41) is 15.4. The van der Waals surface area contributed by atoms with Crippen LogP contribution in [0.4, 0.5) is 11.4 Å². The van der Waals surface area contributed by atoms with E-state index >= 15 is 0 Å². The fourth-order valence-electron chi connectivity index (χ4n) is 5.99. The Balaban J connectivity index is 1.08. The molecule has 2 aromatic carbocycles. The first kappa shape index (κ1) is 26.5. The van der Waals surface area contributed by atoms with Crippen molar-refractivity contribution < 1.29 is 24.0 Å². The number of aryl methyl sites for hydroxylation is 2. The average Bonchev–Trinajstić information content (AvgIpc) is 3.61. The largest absolute Gasteiger partial charge is 0.482 e. The lowest BCUT2D eigenvalue weighted by molar-refractivity contribution is -0.121. The van der Waals surface area contributed by atoms with Crippen LogP contribution in [0.2, 0.25) is 0 Å². The van der Waals surface area contributed by atoms with E-state index < -0.39 is 6.23 Å². The lowest BCUT2D eigenvalue weighted by atomic mass is 9.95. The molecule has 3 aliphatic rings. The highest BCUT2D eigenvalue weighted by Crippen LogP contribution is 2.37. The fourth-order valence-corrected chi connectivity index (χ4v) is 5.99. The van der Waals surface area contributed by atoms with Gasteiger partial charge in [0.15, 0.2) is 6.61 Å². The monoisotopic (exact) mass is 545 g/mol. The van der Waals surface area contributed by atoms with Gasteiger partial charge in [0.1, 0.15) is 12.0 Å². The minimum Gasteiger partial charge on any atom is -0.482 e. The van der Waals surface area contributed by atoms with Crippen molar-refractivity contribution in [2.24, 2.45) is 5.92 Å². The second-order valence-corrected chi connectivity index (χ2v) is 11.0. The fraction of sp³-hybridized carbons (Fsp3) is 0.467. The number of rotatable bonds is 6. The molecule has 0 spiro atoms. The minimum atomic E-state index is -0.679. The molecule has 0 bridgehead atoms. The average molecular weight is 546 g/mol. The molecule has 10 heteroatoms. The molecule has 3 aliphatic heterocycles. The zero-order valence-electron chi connectivity index (χ0n) is 23.2. The Morgan fingerprint density at radius 2 is 1.85 bits per heavy atom. The number of piperidine rings is 1. The summed E-state index contributed by atoms with van der Waals surface area (Å²) in [4.78, 5) is 35.3. The Kier molecular flexibility index (Phi) is 7.06. The van der Waals surface area contributed by atoms with E-state index in [1.54, 1.807) is 9.80 Å². The zero-order valence-corrected chi connectivity index (χ0v) is 23.2. The van der Waals surface area contributed by atoms with Crippen LogP contribution in [-0.4, -0.2) is 71.0 Å². The van der Waals surface area contributed by atoms with Gasteiger partial charge in [0.05, 0.1) is 5.69 Å². The van der Waals surface area contributed by atoms with Crippen molar-refractivity contribution in [3.05, 3.63) is 53.4 Å². The van der Waals surface area contributed by atoms with Crippen LogP contribution in [0.5, 0.6) is 5.75 Å². The number of nitrogens with zero attached hydrogens (tertiary/aromatic N) is 5. The van der Waals surface area contributed by atoms with Gasteiger partial charge in [-0.15, -0.1) is 0 Å². The number of benzene rings is 2. The molecule has 1 aromatic heterocycles. The second kappa shape index (κ2) is 10.7. The maximum Gasteiger partial charge on any atom is 0.265 e. The number of aromatic nitrogens is 2. The number of carbonyl (C=O) groups excluding carboxylic acids is 2. The lowest BCUT2D eigenvalue weighted by Gasteiger charge is -2.36. The van der Waals surface area contributed by atoms with Crippen LogP contribution < -0.4 is 14.5 Å². The third-order valence-electron chi connectivity index (χ3n) is 8.55. The van der Waals surface area contributed by atoms with Gasteiger partial charge in [0.2, 0.25) is 17.6 Å². The van der Waals surface area contributed by atoms with Gasteiger partial charge in [-0.2, -0.15) is 4.98 Å². The third-order valence-corrected chi connectivity index (χ3v) is 8.55. The summed E-state index contributed by atoms with van der Waals surface area (Å²) in [6.45, 7) is 8.52. The lowest BCUT2D eigenvalue weighted by Crippen LogP contribution is -2.45. The number of aliphatic hydroxyl groups excluding tert-OH is 1. The molecule has 2 fully saturated rings. The van der Waals surface area contributed by atoms with E-state index in [1.165, 1.54) is 5.56 Å². The highest BCUT2D eigenvalue weighted by molar-refractivity contribution is 5.98. The third kappa shape index (κ3) is 4.86. The minimum absolute atomic E-state index is 0.0433. The molecule has 10 nitrogen and oxygen atoms in total. The number of anilines is 2. The van der Waals surface area contributed by atoms with Crippen molar-refractivity contribution in [1.82, 2.24) is 15.0 Å². The van der Waals surface area contributed by atoms with Crippen LogP contribution >= 0.6 is 0 Å². The van der Waals surface area contributed by atoms with Crippen molar-refractivity contribution >= 4 is 23.2 Å². The molecule has 4 heterocycles. The molecule has 3 aromatic rings. The maximum absolute atomic E-state index is 12.8. The summed E-state index contributed by atoms with van der Waals surface area (Å²) < 4.78 is 11.2. The SMILES string of the molecule is CCN1C(=O)COc2ccc(-c3noc(C4CCN(C(O)C5CC(=O)N(c6ccc(C)c(C)c6)C5)CC4)n3)cc21. The molecule has 2 atom stereocenters. The molecule has 2 saturated heterocycles. The molecule has 210 valence electrons. The Morgan fingerprint density at radius 1 is 1.05 bits per heavy atom. The predicted octanol–water partition coefficient (Wildman–Crippen LogP) is 3.65. The van der Waals surface area contributed by atoms with Crippen LogP contribution in [0.1, 0.15) is 49.1 Å². The van der Waals surface area contributed by atoms with E-state index in [2.05, 4.69) is 22.0 Å². The van der Waals surface area contributed by atoms with E-state index in [9.17, 15) is 14.7 Å². The molecule has 6 rings (SSSR count). The molecule has 0 saturated carbocycles. The number of hydrogen-bond acceptors (Lipinski definition) is 8. The number of amides is 2. The highest BCUT2D eigenvalue weighted by Gasteiger charge is 2.39. The first-order valence-corrected chi connectivity index (χ1v) is 14.0. The van der Waals surface area contributed by atoms with Crippen molar-refractivity contribution in [3.8, 4) is 17.1 Å². The summed E-state index contributed by atoms with van der Waals surface area (Å²) in [7, 11) is 0. The van der Waals surface area contributed by atoms with E-state index in [1.807, 2.05) is 50.2 Å². The van der Waals surface area contributed by atoms with Gasteiger partial charge >= 0.3 is 0 Å². The quantitative estimate of drug-likeness (QED) is 0.500. The summed E-state index contributed by atoms with van der Waals surface area (Å²) in [5.74, 6) is 1.67. The number of likely N-dealkylation sites (N-methyl/N-ethyl adjacent to an activating group) is 1. The number of ether oxygens (including phenoxy) is 1. The Labute approximate surface area is 233 Å². The maximum atomic E-state index is 12.8. The molecule has 2 unspecified atom stereocenters. The van der Waals surface area contributed by atoms with Gasteiger partial charge < -0.3 is 24.2 Å². The van der Waals surface area contributed by atoms with Gasteiger partial charge in [-0.05, 0) is 75.1 Å². The van der Waals surface area contributed by atoms with Crippen molar-refractivity contribution in [3.63, 3.8) is 0 Å². The number of likely N-dealkylation sites (tertiary alicyclic amines) is 1. The normalized spacial score (nSPS) is 21.1. The topological polar surface area (TPSA) is 112 Å². The number of hydrogen-bond donors (Lipinski definition) is 1. The van der Waals surface area contributed by atoms with Crippen molar-refractivity contribution in [2.75, 3.05) is 42.6 Å². The number of fused-ring (bicyclic) bond motifs is 1. The number of aliphatic hydroxyl groups is 1. The van der Waals surface area contributed by atoms with E-state index in [0.717, 1.165) is 29.7 Å². The first-order chi connectivity index (χ1) is 19.3. The molecule has 40 heavy (non-hydrogen) atoms. The Bertz CT molecular complexity index is 1430. The molecule has 1 N–H and O–H groups in total. The van der Waals surface area contributed by atoms with E-state index in [0.29, 0.717) is 55.8 Å². The van der Waals surface area contributed by atoms with Crippen LogP contribution in [-0.2, 0) is 9.59 Å². The standard InChI is InChI=1S/C30H35N5O5/c1-4-34-24-14-21(6-8-25(24)39-17-27(34)37)28-31-29(40-32-28)20-9-11-33(12-10-20)30(38)22-15-26(36)35(16-22)23-7-5-18(2)19(3)13-23/h5-8,13-14,20,22,30,38H,4,9-12,15-17H2,1-3H3. The van der Waals surface area contributed by atoms with Crippen LogP contribution in [0.25, 0.3) is 11.4 Å². The van der Waals surface area contributed by atoms with Gasteiger partial charge in [0.25, 0.3) is 5.91 Å². The van der Waals surface area contributed by atoms with Gasteiger partial charge in [-0.3, -0.25) is 14.5 Å². The van der Waals surface area contributed by atoms with E-state index in [-0.39, 0.29) is 30.3 Å². The van der Waals surface area contributed by atoms with Crippen molar-refractivity contribution in [1.29, 1.82) is 0 Å². The predicted molar refractivity (Wildman–Crippen MR) is 149 cm³/mol. The summed E-state index contributed by atoms with van der Waals surface area (Å²) >= 11 is 0. The molecule has 0 radical (unpaired) electrons. The summed E-state index contributed by atoms with van der Waals surface area (Å²) in [6, 6.07) is 11.6. The number of carbonyl (C=O) groups is 2. The molecular weight excluding hydrogens is 510 g/mol. The second-order valence-electron chi connectivity index (χ2n) is 11.0. The smallest absolute Gasteiger partial charge is 0.265 e. The Hall–Kier alpha value is -3.76. The van der Waals surface area contributed by atoms with Crippen LogP contribution in [0.15, 0.2) is 40.9 Å². The van der Waals surface area contributed by atoms with Gasteiger partial charge in [0, 0.05) is 55.7 Å². The highest BCUT2D eigenvalue weighted by atomic mass is 16.5. The van der Waals surface area contributed by atoms with Gasteiger partial charge in [-0.25, -0.2) is 0 Å². The first-order valence-electron chi connectivity index (χ1n) is 14.0. The Morgan fingerprint density at radius 3 is 2.60 bits per heavy atom. The molecular formula is C30H35N5O5. The van der Waals surface area contributed by atoms with Crippen LogP contribution in [0, 0.1) is 19.8 Å². The molecule has 2 amide bonds. The van der Waals surface area contributed by atoms with Crippen LogP contribution in [0.3, 0.4) is 0 Å². The van der Waals surface area contributed by atoms with Gasteiger partial charge in [-0.1, -0.05) is 11.2 Å². The summed E-state index contributed by atoms with van der Waals surface area (Å²) in [6.07, 6.45) is 1.21. The zero-order chi connectivity index (χ0) is 28.0.